The molecule has 0 saturated heterocycles. The topological polar surface area (TPSA) is 6.48 Å². The van der Waals surface area contributed by atoms with Crippen molar-refractivity contribution in [3.63, 3.8) is 0 Å². The van der Waals surface area contributed by atoms with Crippen LogP contribution in [0.5, 0.6) is 0 Å². The Balaban J connectivity index is 1.29. The second kappa shape index (κ2) is 13.8. The fourth-order valence-electron chi connectivity index (χ4n) is 14.7. The average Bonchev–Trinajstić information content (AvgIpc) is 3.57. The van der Waals surface area contributed by atoms with Crippen LogP contribution in [-0.2, 0) is 37.9 Å². The standard InChI is InChI=1S/C64H75BN2/c1-38-27-55-57-56(28-38)67(51-33-46-43(29-39(51)2)58(4,5)25-26-59(46,6)7)54-35-48-45(61(10,11)37-63(48,14)15)32-50(54)65(57)49-24-23-42(64(16,17)41-21-19-18-20-22-41)31-53(49)66(55)52-34-47-44(30-40(52)3)60(8,9)36-62(47,12)13/h18-24,27-35H,25-26,36-37H2,1-17H3/i1D3. The summed E-state index contributed by atoms with van der Waals surface area (Å²) >= 11 is 0. The summed E-state index contributed by atoms with van der Waals surface area (Å²) in [6, 6.07) is 37.3. The molecule has 6 aromatic carbocycles. The van der Waals surface area contributed by atoms with E-state index < -0.39 is 6.85 Å². The molecule has 344 valence electrons. The first-order chi connectivity index (χ1) is 32.4. The maximum absolute atomic E-state index is 9.27. The van der Waals surface area contributed by atoms with Gasteiger partial charge in [0.25, 0.3) is 6.71 Å². The number of aryl methyl sites for hydroxylation is 3. The summed E-state index contributed by atoms with van der Waals surface area (Å²) in [5.41, 5.74) is 23.5. The van der Waals surface area contributed by atoms with Crippen molar-refractivity contribution in [2.24, 2.45) is 0 Å². The third-order valence-electron chi connectivity index (χ3n) is 18.1. The molecule has 11 rings (SSSR count). The molecule has 0 bridgehead atoms. The van der Waals surface area contributed by atoms with Crippen LogP contribution in [0.1, 0.15) is 188 Å². The van der Waals surface area contributed by atoms with E-state index >= 15 is 0 Å². The molecular formula is C64H75BN2. The number of fused-ring (bicyclic) bond motifs is 7. The smallest absolute Gasteiger partial charge is 0.252 e. The van der Waals surface area contributed by atoms with Crippen molar-refractivity contribution in [3.05, 3.63) is 158 Å². The van der Waals surface area contributed by atoms with Gasteiger partial charge in [-0.1, -0.05) is 158 Å². The third-order valence-corrected chi connectivity index (χ3v) is 18.1. The Morgan fingerprint density at radius 2 is 0.881 bits per heavy atom. The van der Waals surface area contributed by atoms with Crippen LogP contribution in [0.25, 0.3) is 0 Å². The van der Waals surface area contributed by atoms with E-state index in [1.54, 1.807) is 0 Å². The van der Waals surface area contributed by atoms with Gasteiger partial charge in [-0.3, -0.25) is 0 Å². The molecule has 0 amide bonds. The number of rotatable bonds is 4. The third kappa shape index (κ3) is 6.34. The molecule has 0 saturated carbocycles. The van der Waals surface area contributed by atoms with Crippen LogP contribution in [-0.4, -0.2) is 6.71 Å². The zero-order valence-electron chi connectivity index (χ0n) is 46.5. The molecular weight excluding hydrogens is 808 g/mol. The van der Waals surface area contributed by atoms with Gasteiger partial charge < -0.3 is 9.80 Å². The Morgan fingerprint density at radius 1 is 0.448 bits per heavy atom. The van der Waals surface area contributed by atoms with Crippen molar-refractivity contribution in [3.8, 4) is 0 Å². The van der Waals surface area contributed by atoms with Gasteiger partial charge in [0.1, 0.15) is 0 Å². The highest BCUT2D eigenvalue weighted by atomic mass is 15.2. The van der Waals surface area contributed by atoms with Crippen LogP contribution in [0, 0.1) is 20.7 Å². The first kappa shape index (κ1) is 41.0. The number of hydrogen-bond donors (Lipinski definition) is 0. The summed E-state index contributed by atoms with van der Waals surface area (Å²) in [6.45, 7) is 35.7. The van der Waals surface area contributed by atoms with Gasteiger partial charge in [0.05, 0.1) is 0 Å². The lowest BCUT2D eigenvalue weighted by molar-refractivity contribution is 0.332. The maximum Gasteiger partial charge on any atom is 0.252 e. The molecule has 0 radical (unpaired) electrons. The summed E-state index contributed by atoms with van der Waals surface area (Å²) in [7, 11) is 0. The van der Waals surface area contributed by atoms with Crippen LogP contribution in [0.2, 0.25) is 0 Å². The number of anilines is 6. The molecule has 0 unspecified atom stereocenters. The largest absolute Gasteiger partial charge is 0.311 e. The minimum Gasteiger partial charge on any atom is -0.311 e. The highest BCUT2D eigenvalue weighted by Crippen LogP contribution is 2.56. The lowest BCUT2D eigenvalue weighted by Gasteiger charge is -2.47. The summed E-state index contributed by atoms with van der Waals surface area (Å²) in [5.74, 6) is 0. The first-order valence-electron chi connectivity index (χ1n) is 26.8. The molecule has 0 fully saturated rings. The molecule has 5 aliphatic rings. The molecule has 3 aliphatic carbocycles. The van der Waals surface area contributed by atoms with E-state index in [4.69, 9.17) is 0 Å². The van der Waals surface area contributed by atoms with Crippen LogP contribution >= 0.6 is 0 Å². The van der Waals surface area contributed by atoms with E-state index in [2.05, 4.69) is 212 Å². The quantitative estimate of drug-likeness (QED) is 0.163. The summed E-state index contributed by atoms with van der Waals surface area (Å²) < 4.78 is 27.8. The summed E-state index contributed by atoms with van der Waals surface area (Å²) in [5, 5.41) is 0. The van der Waals surface area contributed by atoms with Crippen LogP contribution in [0.15, 0.2) is 97.1 Å². The molecule has 0 spiro atoms. The maximum atomic E-state index is 9.27. The number of benzene rings is 6. The van der Waals surface area contributed by atoms with E-state index in [0.29, 0.717) is 5.56 Å². The van der Waals surface area contributed by atoms with Crippen molar-refractivity contribution in [1.29, 1.82) is 0 Å². The van der Waals surface area contributed by atoms with Gasteiger partial charge in [-0.15, -0.1) is 0 Å². The van der Waals surface area contributed by atoms with Crippen LogP contribution in [0.4, 0.5) is 34.1 Å². The Morgan fingerprint density at radius 3 is 1.39 bits per heavy atom. The van der Waals surface area contributed by atoms with E-state index in [1.165, 1.54) is 72.0 Å². The van der Waals surface area contributed by atoms with Gasteiger partial charge in [0.2, 0.25) is 0 Å². The normalized spacial score (nSPS) is 21.3. The SMILES string of the molecule is [2H]C([2H])([2H])c1cc2c3c(c1)N(c1cc4c(cc1C)C(C)(C)CCC4(C)C)c1cc4c(cc1B3c1ccc(C(C)(C)c3ccccc3)cc1N2c1cc2c(cc1C)C(C)(C)CC2(C)C)C(C)(C)CC4(C)C. The molecule has 2 heterocycles. The molecule has 2 nitrogen and oxygen atoms in total. The summed E-state index contributed by atoms with van der Waals surface area (Å²) in [6.07, 6.45) is 4.37. The minimum atomic E-state index is -2.37. The lowest BCUT2D eigenvalue weighted by atomic mass is 9.33. The minimum absolute atomic E-state index is 0.0210. The molecule has 67 heavy (non-hydrogen) atoms. The lowest BCUT2D eigenvalue weighted by Crippen LogP contribution is -2.61. The Kier molecular flexibility index (Phi) is 8.46. The van der Waals surface area contributed by atoms with E-state index in [1.807, 2.05) is 6.07 Å². The van der Waals surface area contributed by atoms with Gasteiger partial charge in [-0.05, 0) is 193 Å². The van der Waals surface area contributed by atoms with Crippen molar-refractivity contribution < 1.29 is 4.11 Å². The number of hydrogen-bond acceptors (Lipinski definition) is 2. The molecule has 0 N–H and O–H groups in total. The number of nitrogens with zero attached hydrogens (tertiary/aromatic N) is 2. The second-order valence-electron chi connectivity index (χ2n) is 26.3. The van der Waals surface area contributed by atoms with Crippen LogP contribution < -0.4 is 26.2 Å². The van der Waals surface area contributed by atoms with Crippen molar-refractivity contribution in [1.82, 2.24) is 0 Å². The highest BCUT2D eigenvalue weighted by Gasteiger charge is 2.50. The average molecular weight is 886 g/mol. The first-order valence-corrected chi connectivity index (χ1v) is 25.3. The predicted octanol–water partition coefficient (Wildman–Crippen LogP) is 15.3. The zero-order chi connectivity index (χ0) is 50.4. The van der Waals surface area contributed by atoms with Crippen molar-refractivity contribution >= 4 is 57.2 Å². The van der Waals surface area contributed by atoms with Crippen molar-refractivity contribution in [2.45, 2.75) is 181 Å². The highest BCUT2D eigenvalue weighted by molar-refractivity contribution is 7.00. The van der Waals surface area contributed by atoms with Gasteiger partial charge >= 0.3 is 0 Å². The van der Waals surface area contributed by atoms with Gasteiger partial charge in [0, 0.05) is 43.7 Å². The zero-order valence-corrected chi connectivity index (χ0v) is 43.5. The van der Waals surface area contributed by atoms with Gasteiger partial charge in [-0.25, -0.2) is 0 Å². The van der Waals surface area contributed by atoms with Crippen molar-refractivity contribution in [2.75, 3.05) is 9.80 Å². The Labute approximate surface area is 408 Å². The predicted molar refractivity (Wildman–Crippen MR) is 290 cm³/mol. The van der Waals surface area contributed by atoms with E-state index in [9.17, 15) is 4.11 Å². The summed E-state index contributed by atoms with van der Waals surface area (Å²) in [4.78, 5) is 5.02. The molecule has 2 aliphatic heterocycles. The second-order valence-corrected chi connectivity index (χ2v) is 26.3. The van der Waals surface area contributed by atoms with Gasteiger partial charge in [0.15, 0.2) is 0 Å². The Bertz CT molecular complexity index is 3220. The molecule has 0 atom stereocenters. The van der Waals surface area contributed by atoms with E-state index in [-0.39, 0.29) is 44.6 Å². The van der Waals surface area contributed by atoms with E-state index in [0.717, 1.165) is 59.8 Å². The fourth-order valence-corrected chi connectivity index (χ4v) is 14.7. The fraction of sp³-hybridized carbons (Fsp3) is 0.438. The Hall–Kier alpha value is -5.02. The molecule has 0 aromatic heterocycles. The molecule has 6 aromatic rings. The molecule has 3 heteroatoms. The van der Waals surface area contributed by atoms with Gasteiger partial charge in [-0.2, -0.15) is 0 Å². The van der Waals surface area contributed by atoms with Crippen LogP contribution in [0.3, 0.4) is 0 Å². The monoisotopic (exact) mass is 886 g/mol.